The van der Waals surface area contributed by atoms with Crippen molar-refractivity contribution >= 4 is 29.1 Å². The van der Waals surface area contributed by atoms with E-state index < -0.39 is 11.9 Å². The molecule has 1 heterocycles. The highest BCUT2D eigenvalue weighted by Crippen LogP contribution is 2.29. The fourth-order valence-electron chi connectivity index (χ4n) is 2.27. The van der Waals surface area contributed by atoms with Crippen molar-refractivity contribution in [3.63, 3.8) is 0 Å². The number of hydrogen-bond acceptors (Lipinski definition) is 6. The molecule has 7 nitrogen and oxygen atoms in total. The summed E-state index contributed by atoms with van der Waals surface area (Å²) in [5.41, 5.74) is 1.58. The number of amides is 3. The molecule has 0 spiro atoms. The minimum atomic E-state index is -0.521. The smallest absolute Gasteiger partial charge is 0.321 e. The van der Waals surface area contributed by atoms with Crippen LogP contribution in [0.15, 0.2) is 24.3 Å². The van der Waals surface area contributed by atoms with Gasteiger partial charge in [-0.1, -0.05) is 13.3 Å². The Kier molecular flexibility index (Phi) is 7.48. The van der Waals surface area contributed by atoms with Crippen molar-refractivity contribution in [2.45, 2.75) is 33.6 Å². The molecule has 2 N–H and O–H groups in total. The molecular formula is C19H23N3O4S. The van der Waals surface area contributed by atoms with Gasteiger partial charge in [0.15, 0.2) is 12.4 Å². The van der Waals surface area contributed by atoms with E-state index in [-0.39, 0.29) is 12.4 Å². The predicted molar refractivity (Wildman–Crippen MR) is 104 cm³/mol. The van der Waals surface area contributed by atoms with Gasteiger partial charge < -0.3 is 10.1 Å². The monoisotopic (exact) mass is 389 g/mol. The minimum Gasteiger partial charge on any atom is -0.484 e. The average Bonchev–Trinajstić information content (AvgIpc) is 3.02. The highest BCUT2D eigenvalue weighted by molar-refractivity contribution is 7.17. The second-order valence-corrected chi connectivity index (χ2v) is 6.96. The molecule has 2 aromatic rings. The number of aryl methyl sites for hydroxylation is 1. The van der Waals surface area contributed by atoms with Gasteiger partial charge in [-0.05, 0) is 37.6 Å². The van der Waals surface area contributed by atoms with E-state index in [0.29, 0.717) is 17.2 Å². The number of carbonyl (C=O) groups is 3. The second-order valence-electron chi connectivity index (χ2n) is 5.96. The number of nitrogens with zero attached hydrogens (tertiary/aromatic N) is 1. The predicted octanol–water partition coefficient (Wildman–Crippen LogP) is 3.33. The van der Waals surface area contributed by atoms with E-state index in [1.165, 1.54) is 18.3 Å². The number of unbranched alkanes of at least 4 members (excludes halogenated alkanes) is 1. The molecule has 0 unspecified atom stereocenters. The number of ketones is 1. The van der Waals surface area contributed by atoms with Crippen molar-refractivity contribution in [3.05, 3.63) is 34.8 Å². The zero-order valence-electron chi connectivity index (χ0n) is 15.6. The fraction of sp³-hybridized carbons (Fsp3) is 0.368. The number of urea groups is 1. The van der Waals surface area contributed by atoms with Gasteiger partial charge in [-0.15, -0.1) is 11.3 Å². The maximum atomic E-state index is 11.7. The lowest BCUT2D eigenvalue weighted by atomic mass is 10.2. The van der Waals surface area contributed by atoms with E-state index in [9.17, 15) is 14.4 Å². The number of hydrogen-bond donors (Lipinski definition) is 2. The molecule has 1 aromatic carbocycles. The Labute approximate surface area is 162 Å². The zero-order valence-corrected chi connectivity index (χ0v) is 16.4. The van der Waals surface area contributed by atoms with E-state index in [2.05, 4.69) is 15.6 Å². The minimum absolute atomic E-state index is 0.000877. The van der Waals surface area contributed by atoms with Crippen LogP contribution in [0, 0.1) is 6.92 Å². The molecule has 2 rings (SSSR count). The van der Waals surface area contributed by atoms with Crippen LogP contribution in [0.2, 0.25) is 0 Å². The van der Waals surface area contributed by atoms with Crippen LogP contribution in [0.3, 0.4) is 0 Å². The summed E-state index contributed by atoms with van der Waals surface area (Å²) in [6.45, 7) is 5.62. The Bertz CT molecular complexity index is 815. The van der Waals surface area contributed by atoms with Crippen LogP contribution in [0.5, 0.6) is 5.75 Å². The van der Waals surface area contributed by atoms with E-state index in [0.717, 1.165) is 29.1 Å². The third kappa shape index (κ3) is 6.18. The summed E-state index contributed by atoms with van der Waals surface area (Å²) in [6, 6.07) is 6.54. The van der Waals surface area contributed by atoms with Crippen molar-refractivity contribution in [1.82, 2.24) is 15.6 Å². The van der Waals surface area contributed by atoms with Crippen LogP contribution in [0.4, 0.5) is 4.79 Å². The molecule has 8 heteroatoms. The molecule has 3 amide bonds. The average molecular weight is 389 g/mol. The van der Waals surface area contributed by atoms with Crippen LogP contribution < -0.4 is 15.4 Å². The zero-order chi connectivity index (χ0) is 19.8. The summed E-state index contributed by atoms with van der Waals surface area (Å²) < 4.78 is 5.39. The number of benzene rings is 1. The maximum Gasteiger partial charge on any atom is 0.321 e. The van der Waals surface area contributed by atoms with Gasteiger partial charge in [-0.3, -0.25) is 14.9 Å². The number of rotatable bonds is 8. The first-order valence-electron chi connectivity index (χ1n) is 8.70. The fourth-order valence-corrected chi connectivity index (χ4v) is 3.24. The van der Waals surface area contributed by atoms with Gasteiger partial charge in [0.2, 0.25) is 0 Å². The van der Waals surface area contributed by atoms with Crippen molar-refractivity contribution in [2.75, 3.05) is 13.2 Å². The van der Waals surface area contributed by atoms with Crippen LogP contribution >= 0.6 is 11.3 Å². The molecule has 0 aliphatic heterocycles. The van der Waals surface area contributed by atoms with Crippen molar-refractivity contribution in [2.24, 2.45) is 0 Å². The summed E-state index contributed by atoms with van der Waals surface area (Å²) in [5, 5.41) is 5.56. The largest absolute Gasteiger partial charge is 0.484 e. The SMILES string of the molecule is CCCCNC(=O)NC(=O)COc1ccc(-c2nc(C)c(C(C)=O)s2)cc1. The normalized spacial score (nSPS) is 10.3. The molecule has 0 saturated heterocycles. The van der Waals surface area contributed by atoms with Gasteiger partial charge in [0.05, 0.1) is 10.6 Å². The Balaban J connectivity index is 1.87. The number of aromatic nitrogens is 1. The van der Waals surface area contributed by atoms with E-state index in [4.69, 9.17) is 4.74 Å². The molecule has 144 valence electrons. The first-order valence-corrected chi connectivity index (χ1v) is 9.51. The Morgan fingerprint density at radius 3 is 2.48 bits per heavy atom. The van der Waals surface area contributed by atoms with Crippen LogP contribution in [0.25, 0.3) is 10.6 Å². The quantitative estimate of drug-likeness (QED) is 0.533. The van der Waals surface area contributed by atoms with Crippen LogP contribution in [-0.2, 0) is 4.79 Å². The number of carbonyl (C=O) groups excluding carboxylic acids is 3. The lowest BCUT2D eigenvalue weighted by Crippen LogP contribution is -2.41. The summed E-state index contributed by atoms with van der Waals surface area (Å²) in [7, 11) is 0. The molecule has 1 aromatic heterocycles. The lowest BCUT2D eigenvalue weighted by molar-refractivity contribution is -0.122. The van der Waals surface area contributed by atoms with E-state index in [1.54, 1.807) is 12.1 Å². The van der Waals surface area contributed by atoms with Crippen molar-refractivity contribution in [3.8, 4) is 16.3 Å². The Morgan fingerprint density at radius 1 is 1.19 bits per heavy atom. The molecule has 0 atom stereocenters. The number of thiazole rings is 1. The molecule has 0 bridgehead atoms. The third-order valence-electron chi connectivity index (χ3n) is 3.66. The summed E-state index contributed by atoms with van der Waals surface area (Å²) in [4.78, 5) is 39.8. The maximum absolute atomic E-state index is 11.7. The van der Waals surface area contributed by atoms with Gasteiger partial charge in [0.1, 0.15) is 10.8 Å². The standard InChI is InChI=1S/C19H23N3O4S/c1-4-5-10-20-19(25)22-16(24)11-26-15-8-6-14(7-9-15)18-21-12(2)17(27-18)13(3)23/h6-9H,4-5,10-11H2,1-3H3,(H2,20,22,24,25). The Hall–Kier alpha value is -2.74. The molecule has 0 aliphatic rings. The molecule has 0 saturated carbocycles. The number of nitrogens with one attached hydrogen (secondary N) is 2. The Morgan fingerprint density at radius 2 is 1.89 bits per heavy atom. The summed E-state index contributed by atoms with van der Waals surface area (Å²) in [5.74, 6) is -0.0176. The summed E-state index contributed by atoms with van der Waals surface area (Å²) in [6.07, 6.45) is 1.82. The van der Waals surface area contributed by atoms with Crippen molar-refractivity contribution in [1.29, 1.82) is 0 Å². The molecule has 0 fully saturated rings. The number of Topliss-reactive ketones (excluding diaryl/α,β-unsaturated/α-hetero) is 1. The first-order chi connectivity index (χ1) is 12.9. The van der Waals surface area contributed by atoms with Gasteiger partial charge in [-0.2, -0.15) is 0 Å². The highest BCUT2D eigenvalue weighted by atomic mass is 32.1. The van der Waals surface area contributed by atoms with Gasteiger partial charge in [0.25, 0.3) is 5.91 Å². The molecular weight excluding hydrogens is 366 g/mol. The van der Waals surface area contributed by atoms with Crippen LogP contribution in [-0.4, -0.2) is 35.9 Å². The third-order valence-corrected chi connectivity index (χ3v) is 4.96. The number of ether oxygens (including phenoxy) is 1. The molecule has 0 aliphatic carbocycles. The summed E-state index contributed by atoms with van der Waals surface area (Å²) >= 11 is 1.35. The van der Waals surface area contributed by atoms with Crippen molar-refractivity contribution < 1.29 is 19.1 Å². The van der Waals surface area contributed by atoms with Gasteiger partial charge in [0, 0.05) is 19.0 Å². The second kappa shape index (κ2) is 9.82. The topological polar surface area (TPSA) is 97.4 Å². The van der Waals surface area contributed by atoms with E-state index in [1.807, 2.05) is 26.0 Å². The first kappa shape index (κ1) is 20.6. The molecule has 0 radical (unpaired) electrons. The van der Waals surface area contributed by atoms with Gasteiger partial charge in [-0.25, -0.2) is 9.78 Å². The number of imide groups is 1. The van der Waals surface area contributed by atoms with Gasteiger partial charge >= 0.3 is 6.03 Å². The highest BCUT2D eigenvalue weighted by Gasteiger charge is 2.13. The van der Waals surface area contributed by atoms with Crippen LogP contribution in [0.1, 0.15) is 42.1 Å². The molecule has 27 heavy (non-hydrogen) atoms. The lowest BCUT2D eigenvalue weighted by Gasteiger charge is -2.08. The van der Waals surface area contributed by atoms with E-state index >= 15 is 0 Å².